The van der Waals surface area contributed by atoms with Crippen LogP contribution in [0.25, 0.3) is 0 Å². The third-order valence-corrected chi connectivity index (χ3v) is 2.66. The SMILES string of the molecule is CC(C)(C)c1noc(COc2ccc(CN)cc2)n1. The zero-order valence-electron chi connectivity index (χ0n) is 11.5. The van der Waals surface area contributed by atoms with Crippen molar-refractivity contribution in [3.8, 4) is 5.75 Å². The van der Waals surface area contributed by atoms with Crippen LogP contribution >= 0.6 is 0 Å². The number of hydrogen-bond acceptors (Lipinski definition) is 5. The monoisotopic (exact) mass is 261 g/mol. The number of nitrogens with zero attached hydrogens (tertiary/aromatic N) is 2. The van der Waals surface area contributed by atoms with Crippen molar-refractivity contribution in [2.45, 2.75) is 39.3 Å². The quantitative estimate of drug-likeness (QED) is 0.914. The van der Waals surface area contributed by atoms with E-state index in [0.717, 1.165) is 11.3 Å². The summed E-state index contributed by atoms with van der Waals surface area (Å²) in [5.41, 5.74) is 6.48. The second-order valence-corrected chi connectivity index (χ2v) is 5.40. The van der Waals surface area contributed by atoms with Crippen LogP contribution in [-0.4, -0.2) is 10.1 Å². The molecule has 0 aliphatic rings. The van der Waals surface area contributed by atoms with Gasteiger partial charge in [0.1, 0.15) is 5.75 Å². The number of rotatable bonds is 4. The summed E-state index contributed by atoms with van der Waals surface area (Å²) in [5.74, 6) is 1.92. The summed E-state index contributed by atoms with van der Waals surface area (Å²) in [5, 5.41) is 3.94. The van der Waals surface area contributed by atoms with Gasteiger partial charge in [-0.3, -0.25) is 0 Å². The van der Waals surface area contributed by atoms with E-state index in [-0.39, 0.29) is 12.0 Å². The molecule has 5 nitrogen and oxygen atoms in total. The van der Waals surface area contributed by atoms with Gasteiger partial charge in [0.15, 0.2) is 12.4 Å². The Bertz CT molecular complexity index is 526. The van der Waals surface area contributed by atoms with Crippen LogP contribution in [0.3, 0.4) is 0 Å². The lowest BCUT2D eigenvalue weighted by molar-refractivity contribution is 0.242. The van der Waals surface area contributed by atoms with Crippen LogP contribution in [0.2, 0.25) is 0 Å². The van der Waals surface area contributed by atoms with Gasteiger partial charge in [-0.05, 0) is 17.7 Å². The minimum atomic E-state index is -0.121. The van der Waals surface area contributed by atoms with Gasteiger partial charge in [-0.25, -0.2) is 0 Å². The first-order valence-corrected chi connectivity index (χ1v) is 6.24. The predicted molar refractivity (Wildman–Crippen MR) is 71.7 cm³/mol. The number of nitrogens with two attached hydrogens (primary N) is 1. The molecule has 0 bridgehead atoms. The molecule has 1 heterocycles. The zero-order chi connectivity index (χ0) is 13.9. The van der Waals surface area contributed by atoms with Crippen molar-refractivity contribution in [1.82, 2.24) is 10.1 Å². The summed E-state index contributed by atoms with van der Waals surface area (Å²) < 4.78 is 10.7. The molecule has 2 aromatic rings. The molecule has 0 saturated carbocycles. The van der Waals surface area contributed by atoms with Crippen molar-refractivity contribution in [2.24, 2.45) is 5.73 Å². The molecule has 2 N–H and O–H groups in total. The van der Waals surface area contributed by atoms with Crippen molar-refractivity contribution < 1.29 is 9.26 Å². The first kappa shape index (κ1) is 13.5. The zero-order valence-corrected chi connectivity index (χ0v) is 11.5. The van der Waals surface area contributed by atoms with E-state index in [1.54, 1.807) is 0 Å². The van der Waals surface area contributed by atoms with Gasteiger partial charge >= 0.3 is 0 Å². The molecule has 0 atom stereocenters. The summed E-state index contributed by atoms with van der Waals surface area (Å²) in [6, 6.07) is 7.62. The maximum absolute atomic E-state index is 5.58. The molecule has 0 fully saturated rings. The highest BCUT2D eigenvalue weighted by Crippen LogP contribution is 2.19. The van der Waals surface area contributed by atoms with Gasteiger partial charge in [0.05, 0.1) is 0 Å². The molecule has 0 unspecified atom stereocenters. The van der Waals surface area contributed by atoms with Crippen LogP contribution in [-0.2, 0) is 18.6 Å². The van der Waals surface area contributed by atoms with Gasteiger partial charge in [-0.1, -0.05) is 38.1 Å². The molecule has 1 aromatic heterocycles. The number of ether oxygens (including phenoxy) is 1. The Kier molecular flexibility index (Phi) is 3.85. The second-order valence-electron chi connectivity index (χ2n) is 5.40. The summed E-state index contributed by atoms with van der Waals surface area (Å²) in [7, 11) is 0. The van der Waals surface area contributed by atoms with E-state index in [2.05, 4.69) is 10.1 Å². The number of aromatic nitrogens is 2. The number of benzene rings is 1. The Morgan fingerprint density at radius 1 is 1.21 bits per heavy atom. The first-order chi connectivity index (χ1) is 8.99. The van der Waals surface area contributed by atoms with E-state index >= 15 is 0 Å². The van der Waals surface area contributed by atoms with Crippen molar-refractivity contribution in [3.05, 3.63) is 41.5 Å². The lowest BCUT2D eigenvalue weighted by atomic mass is 9.96. The summed E-state index contributed by atoms with van der Waals surface area (Å²) in [6.07, 6.45) is 0. The van der Waals surface area contributed by atoms with Crippen molar-refractivity contribution in [2.75, 3.05) is 0 Å². The molecule has 0 aliphatic carbocycles. The van der Waals surface area contributed by atoms with E-state index in [1.807, 2.05) is 45.0 Å². The predicted octanol–water partition coefficient (Wildman–Crippen LogP) is 2.40. The normalized spacial score (nSPS) is 11.6. The molecule has 2 rings (SSSR count). The summed E-state index contributed by atoms with van der Waals surface area (Å²) in [6.45, 7) is 6.90. The second kappa shape index (κ2) is 5.40. The van der Waals surface area contributed by atoms with Crippen molar-refractivity contribution in [3.63, 3.8) is 0 Å². The lowest BCUT2D eigenvalue weighted by Crippen LogP contribution is -2.13. The van der Waals surface area contributed by atoms with Crippen molar-refractivity contribution >= 4 is 0 Å². The molecular formula is C14H19N3O2. The van der Waals surface area contributed by atoms with Gasteiger partial charge < -0.3 is 15.0 Å². The van der Waals surface area contributed by atoms with Crippen LogP contribution in [0.5, 0.6) is 5.75 Å². The fourth-order valence-electron chi connectivity index (χ4n) is 1.48. The van der Waals surface area contributed by atoms with E-state index in [1.165, 1.54) is 0 Å². The van der Waals surface area contributed by atoms with E-state index in [9.17, 15) is 0 Å². The molecule has 0 aliphatic heterocycles. The minimum Gasteiger partial charge on any atom is -0.484 e. The Morgan fingerprint density at radius 3 is 2.42 bits per heavy atom. The highest BCUT2D eigenvalue weighted by Gasteiger charge is 2.20. The highest BCUT2D eigenvalue weighted by atomic mass is 16.5. The first-order valence-electron chi connectivity index (χ1n) is 6.24. The van der Waals surface area contributed by atoms with Gasteiger partial charge in [0.25, 0.3) is 5.89 Å². The number of hydrogen-bond donors (Lipinski definition) is 1. The fourth-order valence-corrected chi connectivity index (χ4v) is 1.48. The van der Waals surface area contributed by atoms with Gasteiger partial charge in [0, 0.05) is 12.0 Å². The molecule has 0 radical (unpaired) electrons. The van der Waals surface area contributed by atoms with E-state index < -0.39 is 0 Å². The third kappa shape index (κ3) is 3.54. The minimum absolute atomic E-state index is 0.121. The molecule has 1 aromatic carbocycles. The summed E-state index contributed by atoms with van der Waals surface area (Å²) >= 11 is 0. The molecule has 0 saturated heterocycles. The average molecular weight is 261 g/mol. The fraction of sp³-hybridized carbons (Fsp3) is 0.429. The smallest absolute Gasteiger partial charge is 0.264 e. The van der Waals surface area contributed by atoms with Crippen LogP contribution in [0.1, 0.15) is 38.0 Å². The molecule has 0 amide bonds. The Morgan fingerprint density at radius 2 is 1.89 bits per heavy atom. The largest absolute Gasteiger partial charge is 0.484 e. The Labute approximate surface area is 112 Å². The molecule has 19 heavy (non-hydrogen) atoms. The van der Waals surface area contributed by atoms with E-state index in [0.29, 0.717) is 18.3 Å². The summed E-state index contributed by atoms with van der Waals surface area (Å²) in [4.78, 5) is 4.31. The molecule has 102 valence electrons. The van der Waals surface area contributed by atoms with Gasteiger partial charge in [-0.2, -0.15) is 4.98 Å². The Balaban J connectivity index is 1.96. The average Bonchev–Trinajstić information content (AvgIpc) is 2.86. The van der Waals surface area contributed by atoms with E-state index in [4.69, 9.17) is 15.0 Å². The topological polar surface area (TPSA) is 74.2 Å². The molecule has 0 spiro atoms. The van der Waals surface area contributed by atoms with Crippen LogP contribution < -0.4 is 10.5 Å². The Hall–Kier alpha value is -1.88. The van der Waals surface area contributed by atoms with Crippen LogP contribution in [0, 0.1) is 0 Å². The van der Waals surface area contributed by atoms with Crippen LogP contribution in [0.15, 0.2) is 28.8 Å². The lowest BCUT2D eigenvalue weighted by Gasteiger charge is -2.10. The highest BCUT2D eigenvalue weighted by molar-refractivity contribution is 5.27. The van der Waals surface area contributed by atoms with Crippen LogP contribution in [0.4, 0.5) is 0 Å². The maximum Gasteiger partial charge on any atom is 0.264 e. The third-order valence-electron chi connectivity index (χ3n) is 2.66. The van der Waals surface area contributed by atoms with Gasteiger partial charge in [-0.15, -0.1) is 0 Å². The standard InChI is InChI=1S/C14H19N3O2/c1-14(2,3)13-16-12(19-17-13)9-18-11-6-4-10(8-15)5-7-11/h4-7H,8-9,15H2,1-3H3. The molecular weight excluding hydrogens is 242 g/mol. The van der Waals surface area contributed by atoms with Crippen molar-refractivity contribution in [1.29, 1.82) is 0 Å². The molecule has 5 heteroatoms. The van der Waals surface area contributed by atoms with Gasteiger partial charge in [0.2, 0.25) is 0 Å². The maximum atomic E-state index is 5.58.